The van der Waals surface area contributed by atoms with Crippen molar-refractivity contribution in [3.8, 4) is 0 Å². The SMILES string of the molecule is Cc1ccc(S(=O)(=O)N(CC(=O)N(Cc2cccc(Cl)c2)C(Cc2ccccc2)C(=O)NC(C)C)c2ccc(Cl)cc2)cc1. The van der Waals surface area contributed by atoms with E-state index in [-0.39, 0.29) is 35.5 Å². The number of hydrogen-bond donors (Lipinski definition) is 1. The summed E-state index contributed by atoms with van der Waals surface area (Å²) in [4.78, 5) is 29.6. The molecule has 1 N–H and O–H groups in total. The molecule has 2 amide bonds. The summed E-state index contributed by atoms with van der Waals surface area (Å²) < 4.78 is 29.2. The molecule has 0 aliphatic heterocycles. The summed E-state index contributed by atoms with van der Waals surface area (Å²) in [7, 11) is -4.19. The minimum absolute atomic E-state index is 0.0292. The second-order valence-electron chi connectivity index (χ2n) is 10.8. The highest BCUT2D eigenvalue weighted by Gasteiger charge is 2.34. The van der Waals surface area contributed by atoms with Gasteiger partial charge in [-0.05, 0) is 80.4 Å². The van der Waals surface area contributed by atoms with Gasteiger partial charge in [0.1, 0.15) is 12.6 Å². The number of amides is 2. The lowest BCUT2D eigenvalue weighted by atomic mass is 10.0. The minimum atomic E-state index is -4.19. The predicted molar refractivity (Wildman–Crippen MR) is 176 cm³/mol. The first kappa shape index (κ1) is 33.1. The summed E-state index contributed by atoms with van der Waals surface area (Å²) in [6.45, 7) is 5.02. The fourth-order valence-electron chi connectivity index (χ4n) is 4.74. The number of rotatable bonds is 12. The third-order valence-corrected chi connectivity index (χ3v) is 9.22. The molecular formula is C34H35Cl2N3O4S. The van der Waals surface area contributed by atoms with Gasteiger partial charge in [-0.3, -0.25) is 13.9 Å². The lowest BCUT2D eigenvalue weighted by Gasteiger charge is -2.34. The number of hydrogen-bond acceptors (Lipinski definition) is 4. The molecule has 7 nitrogen and oxygen atoms in total. The summed E-state index contributed by atoms with van der Waals surface area (Å²) in [6.07, 6.45) is 0.220. The second-order valence-corrected chi connectivity index (χ2v) is 13.6. The zero-order chi connectivity index (χ0) is 31.9. The predicted octanol–water partition coefficient (Wildman–Crippen LogP) is 6.66. The maximum absolute atomic E-state index is 14.4. The number of nitrogens with zero attached hydrogens (tertiary/aromatic N) is 2. The van der Waals surface area contributed by atoms with Crippen LogP contribution in [0.25, 0.3) is 0 Å². The van der Waals surface area contributed by atoms with E-state index in [9.17, 15) is 18.0 Å². The summed E-state index contributed by atoms with van der Waals surface area (Å²) in [5.74, 6) is -0.908. The maximum atomic E-state index is 14.4. The molecule has 4 rings (SSSR count). The van der Waals surface area contributed by atoms with Gasteiger partial charge in [-0.25, -0.2) is 8.42 Å². The minimum Gasteiger partial charge on any atom is -0.352 e. The van der Waals surface area contributed by atoms with E-state index < -0.39 is 28.5 Å². The smallest absolute Gasteiger partial charge is 0.264 e. The van der Waals surface area contributed by atoms with Gasteiger partial charge in [0.2, 0.25) is 11.8 Å². The second kappa shape index (κ2) is 14.8. The van der Waals surface area contributed by atoms with Gasteiger partial charge < -0.3 is 10.2 Å². The summed E-state index contributed by atoms with van der Waals surface area (Å²) in [6, 6.07) is 27.9. The van der Waals surface area contributed by atoms with Crippen LogP contribution in [-0.2, 0) is 32.6 Å². The Balaban J connectivity index is 1.80. The summed E-state index contributed by atoms with van der Waals surface area (Å²) in [5, 5.41) is 3.84. The molecule has 0 aliphatic rings. The molecule has 230 valence electrons. The number of aryl methyl sites for hydroxylation is 1. The highest BCUT2D eigenvalue weighted by Crippen LogP contribution is 2.27. The molecule has 0 spiro atoms. The van der Waals surface area contributed by atoms with Crippen LogP contribution >= 0.6 is 23.2 Å². The van der Waals surface area contributed by atoms with Gasteiger partial charge in [0.05, 0.1) is 10.6 Å². The first-order valence-electron chi connectivity index (χ1n) is 14.2. The molecular weight excluding hydrogens is 617 g/mol. The van der Waals surface area contributed by atoms with Gasteiger partial charge in [-0.1, -0.05) is 83.4 Å². The van der Waals surface area contributed by atoms with Crippen molar-refractivity contribution in [2.45, 2.75) is 50.7 Å². The standard InChI is InChI=1S/C34H35Cl2N3O4S/c1-24(2)37-34(41)32(21-26-8-5-4-6-9-26)38(22-27-10-7-11-29(36)20-27)33(40)23-39(30-16-14-28(35)15-17-30)44(42,43)31-18-12-25(3)13-19-31/h4-20,24,32H,21-23H2,1-3H3,(H,37,41). The van der Waals surface area contributed by atoms with E-state index in [0.717, 1.165) is 15.4 Å². The molecule has 0 saturated heterocycles. The number of sulfonamides is 1. The molecule has 0 saturated carbocycles. The number of benzene rings is 4. The monoisotopic (exact) mass is 651 g/mol. The molecule has 0 bridgehead atoms. The first-order valence-corrected chi connectivity index (χ1v) is 16.4. The topological polar surface area (TPSA) is 86.8 Å². The van der Waals surface area contributed by atoms with Crippen LogP contribution in [0.4, 0.5) is 5.69 Å². The van der Waals surface area contributed by atoms with Crippen LogP contribution in [-0.4, -0.2) is 43.8 Å². The molecule has 1 unspecified atom stereocenters. The van der Waals surface area contributed by atoms with Crippen molar-refractivity contribution < 1.29 is 18.0 Å². The maximum Gasteiger partial charge on any atom is 0.264 e. The Morgan fingerprint density at radius 3 is 2.05 bits per heavy atom. The number of nitrogens with one attached hydrogen (secondary N) is 1. The molecule has 44 heavy (non-hydrogen) atoms. The highest BCUT2D eigenvalue weighted by molar-refractivity contribution is 7.92. The van der Waals surface area contributed by atoms with Crippen molar-refractivity contribution in [1.29, 1.82) is 0 Å². The van der Waals surface area contributed by atoms with Crippen molar-refractivity contribution >= 4 is 50.7 Å². The van der Waals surface area contributed by atoms with Crippen LogP contribution in [0.15, 0.2) is 108 Å². The third kappa shape index (κ3) is 8.62. The van der Waals surface area contributed by atoms with Crippen LogP contribution in [0.5, 0.6) is 0 Å². The fraction of sp³-hybridized carbons (Fsp3) is 0.235. The van der Waals surface area contributed by atoms with Crippen molar-refractivity contribution in [1.82, 2.24) is 10.2 Å². The average Bonchev–Trinajstić information content (AvgIpc) is 2.98. The molecule has 0 radical (unpaired) electrons. The van der Waals surface area contributed by atoms with E-state index in [2.05, 4.69) is 5.32 Å². The number of halogens is 2. The lowest BCUT2D eigenvalue weighted by Crippen LogP contribution is -2.54. The molecule has 0 fully saturated rings. The average molecular weight is 653 g/mol. The Kier molecular flexibility index (Phi) is 11.1. The van der Waals surface area contributed by atoms with Crippen molar-refractivity contribution in [2.75, 3.05) is 10.8 Å². The molecule has 4 aromatic rings. The molecule has 4 aromatic carbocycles. The number of anilines is 1. The molecule has 0 aliphatic carbocycles. The lowest BCUT2D eigenvalue weighted by molar-refractivity contribution is -0.140. The Morgan fingerprint density at radius 2 is 1.43 bits per heavy atom. The van der Waals surface area contributed by atoms with Crippen LogP contribution in [0.3, 0.4) is 0 Å². The van der Waals surface area contributed by atoms with Gasteiger partial charge in [0.15, 0.2) is 0 Å². The van der Waals surface area contributed by atoms with Crippen LogP contribution in [0.1, 0.15) is 30.5 Å². The van der Waals surface area contributed by atoms with E-state index in [1.54, 1.807) is 54.6 Å². The van der Waals surface area contributed by atoms with Gasteiger partial charge in [-0.2, -0.15) is 0 Å². The Labute approximate surface area is 269 Å². The van der Waals surface area contributed by atoms with Crippen molar-refractivity contribution in [3.63, 3.8) is 0 Å². The summed E-state index contributed by atoms with van der Waals surface area (Å²) >= 11 is 12.4. The number of carbonyl (C=O) groups excluding carboxylic acids is 2. The van der Waals surface area contributed by atoms with Gasteiger partial charge >= 0.3 is 0 Å². The van der Waals surface area contributed by atoms with E-state index in [4.69, 9.17) is 23.2 Å². The molecule has 1 atom stereocenters. The van der Waals surface area contributed by atoms with Gasteiger partial charge in [0.25, 0.3) is 10.0 Å². The Bertz CT molecular complexity index is 1680. The zero-order valence-corrected chi connectivity index (χ0v) is 27.1. The van der Waals surface area contributed by atoms with Crippen LogP contribution in [0, 0.1) is 6.92 Å². The van der Waals surface area contributed by atoms with E-state index in [1.807, 2.05) is 57.2 Å². The van der Waals surface area contributed by atoms with E-state index in [0.29, 0.717) is 15.6 Å². The van der Waals surface area contributed by atoms with E-state index >= 15 is 0 Å². The van der Waals surface area contributed by atoms with Crippen LogP contribution in [0.2, 0.25) is 10.0 Å². The number of carbonyl (C=O) groups is 2. The summed E-state index contributed by atoms with van der Waals surface area (Å²) in [5.41, 5.74) is 2.70. The van der Waals surface area contributed by atoms with Gasteiger partial charge in [-0.15, -0.1) is 0 Å². The Morgan fingerprint density at radius 1 is 0.795 bits per heavy atom. The van der Waals surface area contributed by atoms with E-state index in [1.165, 1.54) is 17.0 Å². The largest absolute Gasteiger partial charge is 0.352 e. The van der Waals surface area contributed by atoms with Crippen LogP contribution < -0.4 is 9.62 Å². The van der Waals surface area contributed by atoms with Gasteiger partial charge in [0, 0.05) is 29.1 Å². The van der Waals surface area contributed by atoms with Crippen molar-refractivity contribution in [3.05, 3.63) is 130 Å². The first-order chi connectivity index (χ1) is 20.9. The third-order valence-electron chi connectivity index (χ3n) is 6.95. The zero-order valence-electron chi connectivity index (χ0n) is 24.8. The highest BCUT2D eigenvalue weighted by atomic mass is 35.5. The fourth-order valence-corrected chi connectivity index (χ4v) is 6.49. The normalized spacial score (nSPS) is 12.0. The molecule has 0 aromatic heterocycles. The van der Waals surface area contributed by atoms with Crippen molar-refractivity contribution in [2.24, 2.45) is 0 Å². The quantitative estimate of drug-likeness (QED) is 0.186. The molecule has 0 heterocycles. The Hall–Kier alpha value is -3.85. The molecule has 10 heteroatoms.